The van der Waals surface area contributed by atoms with Crippen molar-refractivity contribution >= 4 is 17.5 Å². The van der Waals surface area contributed by atoms with Gasteiger partial charge in [0.05, 0.1) is 6.20 Å². The number of rotatable bonds is 4. The molecule has 0 radical (unpaired) electrons. The Morgan fingerprint density at radius 3 is 2.50 bits per heavy atom. The second kappa shape index (κ2) is 5.30. The zero-order chi connectivity index (χ0) is 13.1. The molecule has 0 aromatic carbocycles. The Labute approximate surface area is 111 Å². The summed E-state index contributed by atoms with van der Waals surface area (Å²) in [5.41, 5.74) is 1.04. The van der Waals surface area contributed by atoms with Crippen LogP contribution >= 0.6 is 11.6 Å². The summed E-state index contributed by atoms with van der Waals surface area (Å²) >= 11 is 5.93. The zero-order valence-electron chi connectivity index (χ0n) is 10.6. The Morgan fingerprint density at radius 2 is 1.94 bits per heavy atom. The molecule has 0 saturated carbocycles. The highest BCUT2D eigenvalue weighted by Gasteiger charge is 2.11. The molecule has 96 valence electrons. The topological polar surface area (TPSA) is 59.7 Å². The highest BCUT2D eigenvalue weighted by molar-refractivity contribution is 6.28. The maximum atomic E-state index is 5.93. The van der Waals surface area contributed by atoms with Gasteiger partial charge in [0.25, 0.3) is 5.95 Å². The summed E-state index contributed by atoms with van der Waals surface area (Å²) in [7, 11) is 0. The van der Waals surface area contributed by atoms with Gasteiger partial charge in [-0.1, -0.05) is 0 Å². The number of aryl methyl sites for hydroxylation is 1. The fourth-order valence-corrected chi connectivity index (χ4v) is 1.75. The largest absolute Gasteiger partial charge is 0.341 e. The average Bonchev–Trinajstić information content (AvgIpc) is 2.77. The van der Waals surface area contributed by atoms with Gasteiger partial charge in [-0.3, -0.25) is 0 Å². The number of hydrogen-bond acceptors (Lipinski definition) is 5. The van der Waals surface area contributed by atoms with E-state index in [-0.39, 0.29) is 5.28 Å². The third-order valence-electron chi connectivity index (χ3n) is 2.55. The predicted octanol–water partition coefficient (Wildman–Crippen LogP) is 1.87. The standard InChI is InChI=1S/C11H15ClN6/c1-4-17(5-2)10-14-9(12)15-11(16-10)18-7-8(3)6-13-18/h6-7H,4-5H2,1-3H3. The van der Waals surface area contributed by atoms with E-state index in [0.29, 0.717) is 11.9 Å². The molecule has 2 aromatic heterocycles. The van der Waals surface area contributed by atoms with Gasteiger partial charge in [-0.05, 0) is 37.9 Å². The summed E-state index contributed by atoms with van der Waals surface area (Å²) in [6.07, 6.45) is 3.59. The normalized spacial score (nSPS) is 10.7. The summed E-state index contributed by atoms with van der Waals surface area (Å²) in [4.78, 5) is 14.6. The lowest BCUT2D eigenvalue weighted by Crippen LogP contribution is -2.25. The molecule has 0 N–H and O–H groups in total. The summed E-state index contributed by atoms with van der Waals surface area (Å²) in [5, 5.41) is 4.34. The van der Waals surface area contributed by atoms with Crippen molar-refractivity contribution in [3.63, 3.8) is 0 Å². The summed E-state index contributed by atoms with van der Waals surface area (Å²) < 4.78 is 1.59. The minimum absolute atomic E-state index is 0.176. The van der Waals surface area contributed by atoms with E-state index in [1.54, 1.807) is 10.9 Å². The van der Waals surface area contributed by atoms with Crippen molar-refractivity contribution < 1.29 is 0 Å². The molecule has 0 bridgehead atoms. The van der Waals surface area contributed by atoms with Gasteiger partial charge in [-0.2, -0.15) is 20.1 Å². The molecule has 7 heteroatoms. The second-order valence-electron chi connectivity index (χ2n) is 3.84. The molecule has 0 fully saturated rings. The first-order chi connectivity index (χ1) is 8.63. The fraction of sp³-hybridized carbons (Fsp3) is 0.455. The third-order valence-corrected chi connectivity index (χ3v) is 2.72. The monoisotopic (exact) mass is 266 g/mol. The first-order valence-electron chi connectivity index (χ1n) is 5.82. The Morgan fingerprint density at radius 1 is 1.22 bits per heavy atom. The van der Waals surface area contributed by atoms with Crippen molar-refractivity contribution in [1.82, 2.24) is 24.7 Å². The second-order valence-corrected chi connectivity index (χ2v) is 4.18. The van der Waals surface area contributed by atoms with Gasteiger partial charge in [0, 0.05) is 19.3 Å². The van der Waals surface area contributed by atoms with Crippen LogP contribution in [0.25, 0.3) is 5.95 Å². The van der Waals surface area contributed by atoms with Crippen molar-refractivity contribution in [3.8, 4) is 5.95 Å². The van der Waals surface area contributed by atoms with Gasteiger partial charge < -0.3 is 4.90 Å². The van der Waals surface area contributed by atoms with Crippen molar-refractivity contribution in [2.75, 3.05) is 18.0 Å². The molecule has 0 unspecified atom stereocenters. The van der Waals surface area contributed by atoms with Crippen LogP contribution in [0, 0.1) is 6.92 Å². The Hall–Kier alpha value is -1.69. The molecule has 0 aliphatic carbocycles. The lowest BCUT2D eigenvalue weighted by molar-refractivity contribution is 0.760. The van der Waals surface area contributed by atoms with Crippen LogP contribution in [0.2, 0.25) is 5.28 Å². The van der Waals surface area contributed by atoms with Crippen LogP contribution in [0.1, 0.15) is 19.4 Å². The van der Waals surface area contributed by atoms with Crippen LogP contribution in [-0.4, -0.2) is 37.8 Å². The first-order valence-corrected chi connectivity index (χ1v) is 6.20. The summed E-state index contributed by atoms with van der Waals surface area (Å²) in [5.74, 6) is 1.01. The van der Waals surface area contributed by atoms with Gasteiger partial charge >= 0.3 is 0 Å². The van der Waals surface area contributed by atoms with Gasteiger partial charge in [0.15, 0.2) is 0 Å². The van der Waals surface area contributed by atoms with Crippen molar-refractivity contribution in [1.29, 1.82) is 0 Å². The highest BCUT2D eigenvalue weighted by atomic mass is 35.5. The minimum atomic E-state index is 0.176. The quantitative estimate of drug-likeness (QED) is 0.845. The lowest BCUT2D eigenvalue weighted by atomic mass is 10.4. The molecule has 0 saturated heterocycles. The van der Waals surface area contributed by atoms with E-state index in [0.717, 1.165) is 18.7 Å². The van der Waals surface area contributed by atoms with Crippen LogP contribution in [0.5, 0.6) is 0 Å². The summed E-state index contributed by atoms with van der Waals surface area (Å²) in [6.45, 7) is 7.66. The number of halogens is 1. The number of nitrogens with zero attached hydrogens (tertiary/aromatic N) is 6. The van der Waals surface area contributed by atoms with Crippen molar-refractivity contribution in [2.24, 2.45) is 0 Å². The maximum Gasteiger partial charge on any atom is 0.256 e. The first kappa shape index (κ1) is 12.8. The van der Waals surface area contributed by atoms with Gasteiger partial charge in [0.2, 0.25) is 11.2 Å². The van der Waals surface area contributed by atoms with E-state index in [1.165, 1.54) is 0 Å². The minimum Gasteiger partial charge on any atom is -0.341 e. The molecule has 0 amide bonds. The summed E-state index contributed by atoms with van der Waals surface area (Å²) in [6, 6.07) is 0. The van der Waals surface area contributed by atoms with Gasteiger partial charge in [0.1, 0.15) is 0 Å². The van der Waals surface area contributed by atoms with Crippen LogP contribution in [0.4, 0.5) is 5.95 Å². The van der Waals surface area contributed by atoms with E-state index >= 15 is 0 Å². The maximum absolute atomic E-state index is 5.93. The van der Waals surface area contributed by atoms with Crippen LogP contribution in [0.15, 0.2) is 12.4 Å². The van der Waals surface area contributed by atoms with Gasteiger partial charge in [-0.15, -0.1) is 0 Å². The van der Waals surface area contributed by atoms with Crippen molar-refractivity contribution in [3.05, 3.63) is 23.2 Å². The number of anilines is 1. The van der Waals surface area contributed by atoms with Crippen LogP contribution in [0.3, 0.4) is 0 Å². The number of hydrogen-bond donors (Lipinski definition) is 0. The molecule has 0 aliphatic heterocycles. The molecule has 0 atom stereocenters. The average molecular weight is 267 g/mol. The van der Waals surface area contributed by atoms with E-state index in [4.69, 9.17) is 11.6 Å². The lowest BCUT2D eigenvalue weighted by Gasteiger charge is -2.18. The van der Waals surface area contributed by atoms with E-state index < -0.39 is 0 Å². The van der Waals surface area contributed by atoms with Crippen LogP contribution < -0.4 is 4.90 Å². The van der Waals surface area contributed by atoms with E-state index in [9.17, 15) is 0 Å². The van der Waals surface area contributed by atoms with E-state index in [1.807, 2.05) is 31.9 Å². The molecular weight excluding hydrogens is 252 g/mol. The highest BCUT2D eigenvalue weighted by Crippen LogP contribution is 2.13. The molecule has 0 aliphatic rings. The predicted molar refractivity (Wildman–Crippen MR) is 70.3 cm³/mol. The van der Waals surface area contributed by atoms with Crippen LogP contribution in [-0.2, 0) is 0 Å². The Kier molecular flexibility index (Phi) is 3.76. The molecule has 2 rings (SSSR count). The SMILES string of the molecule is CCN(CC)c1nc(Cl)nc(-n2cc(C)cn2)n1. The molecule has 2 heterocycles. The zero-order valence-corrected chi connectivity index (χ0v) is 11.4. The third kappa shape index (κ3) is 2.59. The number of aromatic nitrogens is 5. The molecule has 18 heavy (non-hydrogen) atoms. The fourth-order valence-electron chi connectivity index (χ4n) is 1.60. The van der Waals surface area contributed by atoms with E-state index in [2.05, 4.69) is 20.1 Å². The van der Waals surface area contributed by atoms with Gasteiger partial charge in [-0.25, -0.2) is 4.68 Å². The Balaban J connectivity index is 2.43. The smallest absolute Gasteiger partial charge is 0.256 e. The molecular formula is C11H15ClN6. The molecule has 2 aromatic rings. The molecule has 6 nitrogen and oxygen atoms in total. The Bertz CT molecular complexity index is 534. The van der Waals surface area contributed by atoms with Crippen molar-refractivity contribution in [2.45, 2.75) is 20.8 Å². The molecule has 0 spiro atoms.